The average molecular weight is 275 g/mol. The number of Topliss-reactive ketones (excluding diaryl/α,β-unsaturated/α-hetero) is 1. The normalized spacial score (nSPS) is 16.6. The molecule has 4 heteroatoms. The van der Waals surface area contributed by atoms with Crippen molar-refractivity contribution >= 4 is 11.9 Å². The van der Waals surface area contributed by atoms with Gasteiger partial charge < -0.3 is 10.1 Å². The Bertz CT molecular complexity index is 464. The smallest absolute Gasteiger partial charge is 0.408 e. The Kier molecular flexibility index (Phi) is 4.77. The van der Waals surface area contributed by atoms with E-state index < -0.39 is 11.6 Å². The third-order valence-electron chi connectivity index (χ3n) is 3.87. The van der Waals surface area contributed by atoms with E-state index in [4.69, 9.17) is 4.74 Å². The monoisotopic (exact) mass is 275 g/mol. The molecule has 108 valence electrons. The van der Waals surface area contributed by atoms with Crippen molar-refractivity contribution in [2.24, 2.45) is 0 Å². The molecule has 1 aromatic rings. The van der Waals surface area contributed by atoms with Crippen LogP contribution in [-0.4, -0.2) is 17.4 Å². The van der Waals surface area contributed by atoms with Crippen LogP contribution in [0.3, 0.4) is 0 Å². The number of alkyl carbamates (subject to hydrolysis) is 1. The third-order valence-corrected chi connectivity index (χ3v) is 3.87. The van der Waals surface area contributed by atoms with Gasteiger partial charge in [-0.05, 0) is 18.4 Å². The zero-order chi connectivity index (χ0) is 14.4. The van der Waals surface area contributed by atoms with Crippen molar-refractivity contribution in [1.82, 2.24) is 5.32 Å². The van der Waals surface area contributed by atoms with Crippen LogP contribution in [0.4, 0.5) is 4.79 Å². The topological polar surface area (TPSA) is 55.4 Å². The summed E-state index contributed by atoms with van der Waals surface area (Å²) in [5, 5.41) is 2.80. The highest BCUT2D eigenvalue weighted by molar-refractivity contribution is 5.91. The number of rotatable bonds is 5. The number of amides is 1. The van der Waals surface area contributed by atoms with Crippen molar-refractivity contribution in [1.29, 1.82) is 0 Å². The highest BCUT2D eigenvalue weighted by Gasteiger charge is 2.41. The van der Waals surface area contributed by atoms with E-state index in [-0.39, 0.29) is 12.4 Å². The van der Waals surface area contributed by atoms with Gasteiger partial charge in [-0.15, -0.1) is 0 Å². The van der Waals surface area contributed by atoms with E-state index in [2.05, 4.69) is 5.32 Å². The standard InChI is InChI=1S/C16H21NO3/c1-2-14(18)16(10-6-7-11-16)17-15(19)20-12-13-8-4-3-5-9-13/h3-5,8-9H,2,6-7,10-12H2,1H3,(H,17,19). The Balaban J connectivity index is 1.91. The zero-order valence-electron chi connectivity index (χ0n) is 11.9. The predicted molar refractivity (Wildman–Crippen MR) is 76.3 cm³/mol. The molecule has 4 nitrogen and oxygen atoms in total. The first kappa shape index (κ1) is 14.6. The molecule has 0 unspecified atom stereocenters. The molecule has 0 spiro atoms. The van der Waals surface area contributed by atoms with Crippen LogP contribution >= 0.6 is 0 Å². The first-order valence-electron chi connectivity index (χ1n) is 7.18. The van der Waals surface area contributed by atoms with Gasteiger partial charge in [0, 0.05) is 6.42 Å². The van der Waals surface area contributed by atoms with E-state index in [1.807, 2.05) is 37.3 Å². The molecule has 0 saturated heterocycles. The van der Waals surface area contributed by atoms with Crippen LogP contribution in [0.2, 0.25) is 0 Å². The summed E-state index contributed by atoms with van der Waals surface area (Å²) in [5.41, 5.74) is 0.243. The van der Waals surface area contributed by atoms with Crippen LogP contribution in [0.25, 0.3) is 0 Å². The van der Waals surface area contributed by atoms with Gasteiger partial charge in [0.05, 0.1) is 0 Å². The van der Waals surface area contributed by atoms with Gasteiger partial charge in [0.15, 0.2) is 5.78 Å². The Hall–Kier alpha value is -1.84. The largest absolute Gasteiger partial charge is 0.445 e. The Morgan fingerprint density at radius 1 is 1.20 bits per heavy atom. The minimum Gasteiger partial charge on any atom is -0.445 e. The van der Waals surface area contributed by atoms with Gasteiger partial charge in [-0.25, -0.2) is 4.79 Å². The molecule has 1 N–H and O–H groups in total. The van der Waals surface area contributed by atoms with Crippen molar-refractivity contribution in [2.75, 3.05) is 0 Å². The van der Waals surface area contributed by atoms with E-state index in [1.165, 1.54) is 0 Å². The van der Waals surface area contributed by atoms with E-state index in [0.717, 1.165) is 31.2 Å². The maximum Gasteiger partial charge on any atom is 0.408 e. The Morgan fingerprint density at radius 2 is 1.85 bits per heavy atom. The lowest BCUT2D eigenvalue weighted by Gasteiger charge is -2.27. The minimum atomic E-state index is -0.692. The van der Waals surface area contributed by atoms with Crippen LogP contribution in [-0.2, 0) is 16.1 Å². The lowest BCUT2D eigenvalue weighted by atomic mass is 9.90. The first-order chi connectivity index (χ1) is 9.66. The van der Waals surface area contributed by atoms with Gasteiger partial charge in [0.1, 0.15) is 12.1 Å². The number of ketones is 1. The number of nitrogens with one attached hydrogen (secondary N) is 1. The molecule has 1 aliphatic carbocycles. The van der Waals surface area contributed by atoms with Crippen molar-refractivity contribution in [3.8, 4) is 0 Å². The highest BCUT2D eigenvalue weighted by atomic mass is 16.5. The zero-order valence-corrected chi connectivity index (χ0v) is 11.9. The molecule has 2 rings (SSSR count). The van der Waals surface area contributed by atoms with Gasteiger partial charge in [-0.1, -0.05) is 50.1 Å². The van der Waals surface area contributed by atoms with E-state index in [9.17, 15) is 9.59 Å². The van der Waals surface area contributed by atoms with E-state index in [0.29, 0.717) is 6.42 Å². The summed E-state index contributed by atoms with van der Waals surface area (Å²) in [6.45, 7) is 2.06. The molecule has 1 aromatic carbocycles. The molecule has 1 fully saturated rings. The van der Waals surface area contributed by atoms with Gasteiger partial charge in [0.25, 0.3) is 0 Å². The van der Waals surface area contributed by atoms with Crippen LogP contribution in [0.5, 0.6) is 0 Å². The minimum absolute atomic E-state index is 0.103. The van der Waals surface area contributed by atoms with Crippen molar-refractivity contribution in [2.45, 2.75) is 51.2 Å². The average Bonchev–Trinajstić information content (AvgIpc) is 2.95. The lowest BCUT2D eigenvalue weighted by molar-refractivity contribution is -0.124. The fourth-order valence-electron chi connectivity index (χ4n) is 2.75. The molecule has 20 heavy (non-hydrogen) atoms. The molecule has 0 heterocycles. The maximum absolute atomic E-state index is 12.1. The Morgan fingerprint density at radius 3 is 2.45 bits per heavy atom. The van der Waals surface area contributed by atoms with Gasteiger partial charge in [-0.2, -0.15) is 0 Å². The molecule has 0 aliphatic heterocycles. The Labute approximate surface area is 119 Å². The predicted octanol–water partition coefficient (Wildman–Crippen LogP) is 3.20. The number of benzene rings is 1. The van der Waals surface area contributed by atoms with Gasteiger partial charge in [0.2, 0.25) is 0 Å². The summed E-state index contributed by atoms with van der Waals surface area (Å²) in [4.78, 5) is 24.0. The lowest BCUT2D eigenvalue weighted by Crippen LogP contribution is -2.52. The summed E-state index contributed by atoms with van der Waals surface area (Å²) in [5.74, 6) is 0.103. The second-order valence-electron chi connectivity index (χ2n) is 5.25. The first-order valence-corrected chi connectivity index (χ1v) is 7.18. The molecular formula is C16H21NO3. The van der Waals surface area contributed by atoms with Gasteiger partial charge in [-0.3, -0.25) is 4.79 Å². The number of carbonyl (C=O) groups excluding carboxylic acids is 2. The number of hydrogen-bond donors (Lipinski definition) is 1. The second kappa shape index (κ2) is 6.55. The number of ether oxygens (including phenoxy) is 1. The highest BCUT2D eigenvalue weighted by Crippen LogP contribution is 2.31. The fraction of sp³-hybridized carbons (Fsp3) is 0.500. The van der Waals surface area contributed by atoms with Crippen molar-refractivity contribution in [3.63, 3.8) is 0 Å². The van der Waals surface area contributed by atoms with Crippen LogP contribution in [0, 0.1) is 0 Å². The number of hydrogen-bond acceptors (Lipinski definition) is 3. The molecule has 0 aromatic heterocycles. The molecular weight excluding hydrogens is 254 g/mol. The molecule has 1 saturated carbocycles. The second-order valence-corrected chi connectivity index (χ2v) is 5.25. The molecule has 0 radical (unpaired) electrons. The maximum atomic E-state index is 12.1. The van der Waals surface area contributed by atoms with E-state index in [1.54, 1.807) is 0 Å². The van der Waals surface area contributed by atoms with Gasteiger partial charge >= 0.3 is 6.09 Å². The SMILES string of the molecule is CCC(=O)C1(NC(=O)OCc2ccccc2)CCCC1. The summed E-state index contributed by atoms with van der Waals surface area (Å²) in [6, 6.07) is 9.51. The van der Waals surface area contributed by atoms with Crippen LogP contribution < -0.4 is 5.32 Å². The summed E-state index contributed by atoms with van der Waals surface area (Å²) < 4.78 is 5.21. The summed E-state index contributed by atoms with van der Waals surface area (Å²) >= 11 is 0. The molecule has 0 atom stereocenters. The van der Waals surface area contributed by atoms with Crippen LogP contribution in [0.1, 0.15) is 44.6 Å². The van der Waals surface area contributed by atoms with E-state index >= 15 is 0 Å². The van der Waals surface area contributed by atoms with Crippen molar-refractivity contribution in [3.05, 3.63) is 35.9 Å². The molecule has 1 aliphatic rings. The van der Waals surface area contributed by atoms with Crippen molar-refractivity contribution < 1.29 is 14.3 Å². The summed E-state index contributed by atoms with van der Waals surface area (Å²) in [6.07, 6.45) is 3.34. The number of carbonyl (C=O) groups is 2. The third kappa shape index (κ3) is 3.38. The fourth-order valence-corrected chi connectivity index (χ4v) is 2.75. The quantitative estimate of drug-likeness (QED) is 0.897. The molecule has 1 amide bonds. The summed E-state index contributed by atoms with van der Waals surface area (Å²) in [7, 11) is 0. The van der Waals surface area contributed by atoms with Crippen LogP contribution in [0.15, 0.2) is 30.3 Å². The molecule has 0 bridgehead atoms.